The van der Waals surface area contributed by atoms with E-state index in [0.29, 0.717) is 6.07 Å². The first-order valence-electron chi connectivity index (χ1n) is 7.66. The number of hydrogen-bond donors (Lipinski definition) is 1. The summed E-state index contributed by atoms with van der Waals surface area (Å²) in [6.07, 6.45) is 0. The summed E-state index contributed by atoms with van der Waals surface area (Å²) in [5.74, 6) is -3.94. The maximum Gasteiger partial charge on any atom is 0.341 e. The van der Waals surface area contributed by atoms with Crippen molar-refractivity contribution in [2.75, 3.05) is 26.0 Å². The number of rotatable bonds is 6. The van der Waals surface area contributed by atoms with Crippen molar-refractivity contribution in [3.05, 3.63) is 58.6 Å². The number of amides is 1. The van der Waals surface area contributed by atoms with Crippen LogP contribution in [0.25, 0.3) is 0 Å². The standard InChI is InChI=1S/C17H15ClF2N2O5S/c1-22(2)28(25,26)15-8-11(4-6-13(15)18)21-16(23)9-27-17(24)12-5-3-10(19)7-14(12)20/h3-8H,9H2,1-2H3,(H,21,23). The van der Waals surface area contributed by atoms with Crippen molar-refractivity contribution >= 4 is 39.2 Å². The SMILES string of the molecule is CN(C)S(=O)(=O)c1cc(NC(=O)COC(=O)c2ccc(F)cc2F)ccc1Cl. The monoisotopic (exact) mass is 432 g/mol. The number of anilines is 1. The van der Waals surface area contributed by atoms with Gasteiger partial charge in [0.2, 0.25) is 10.0 Å². The van der Waals surface area contributed by atoms with E-state index in [0.717, 1.165) is 22.5 Å². The lowest BCUT2D eigenvalue weighted by molar-refractivity contribution is -0.119. The van der Waals surface area contributed by atoms with Crippen molar-refractivity contribution in [3.63, 3.8) is 0 Å². The minimum absolute atomic E-state index is 0.0371. The number of benzene rings is 2. The molecule has 0 aliphatic heterocycles. The number of halogens is 3. The summed E-state index contributed by atoms with van der Waals surface area (Å²) < 4.78 is 56.4. The van der Waals surface area contributed by atoms with E-state index >= 15 is 0 Å². The molecule has 28 heavy (non-hydrogen) atoms. The Hall–Kier alpha value is -2.56. The lowest BCUT2D eigenvalue weighted by atomic mass is 10.2. The van der Waals surface area contributed by atoms with Gasteiger partial charge in [-0.2, -0.15) is 0 Å². The summed E-state index contributed by atoms with van der Waals surface area (Å²) in [6.45, 7) is -0.770. The number of nitrogens with one attached hydrogen (secondary N) is 1. The van der Waals surface area contributed by atoms with Gasteiger partial charge in [0.05, 0.1) is 10.6 Å². The summed E-state index contributed by atoms with van der Waals surface area (Å²) in [5.41, 5.74) is -0.432. The molecule has 0 heterocycles. The first-order valence-corrected chi connectivity index (χ1v) is 9.48. The van der Waals surface area contributed by atoms with Crippen LogP contribution in [-0.2, 0) is 19.6 Å². The molecule has 0 aliphatic rings. The molecule has 2 aromatic carbocycles. The van der Waals surface area contributed by atoms with E-state index in [1.165, 1.54) is 26.2 Å². The van der Waals surface area contributed by atoms with Gasteiger partial charge in [-0.3, -0.25) is 4.79 Å². The summed E-state index contributed by atoms with van der Waals surface area (Å²) >= 11 is 5.91. The molecule has 1 amide bonds. The minimum atomic E-state index is -3.84. The normalized spacial score (nSPS) is 11.4. The van der Waals surface area contributed by atoms with E-state index in [1.807, 2.05) is 0 Å². The van der Waals surface area contributed by atoms with Gasteiger partial charge in [-0.25, -0.2) is 26.3 Å². The fourth-order valence-corrected chi connectivity index (χ4v) is 3.43. The minimum Gasteiger partial charge on any atom is -0.452 e. The molecule has 0 aliphatic carbocycles. The highest BCUT2D eigenvalue weighted by Gasteiger charge is 2.22. The molecule has 0 spiro atoms. The van der Waals surface area contributed by atoms with Crippen molar-refractivity contribution in [1.82, 2.24) is 4.31 Å². The number of esters is 1. The maximum atomic E-state index is 13.5. The topological polar surface area (TPSA) is 92.8 Å². The van der Waals surface area contributed by atoms with Gasteiger partial charge in [-0.15, -0.1) is 0 Å². The van der Waals surface area contributed by atoms with Crippen LogP contribution >= 0.6 is 11.6 Å². The second-order valence-electron chi connectivity index (χ2n) is 5.68. The second kappa shape index (κ2) is 8.63. The number of carbonyl (C=O) groups is 2. The Morgan fingerprint density at radius 3 is 2.43 bits per heavy atom. The highest BCUT2D eigenvalue weighted by Crippen LogP contribution is 2.26. The smallest absolute Gasteiger partial charge is 0.341 e. The summed E-state index contributed by atoms with van der Waals surface area (Å²) in [4.78, 5) is 23.5. The number of carbonyl (C=O) groups excluding carboxylic acids is 2. The third kappa shape index (κ3) is 5.03. The summed E-state index contributed by atoms with van der Waals surface area (Å²) in [7, 11) is -1.19. The van der Waals surface area contributed by atoms with Gasteiger partial charge in [-0.1, -0.05) is 11.6 Å². The maximum absolute atomic E-state index is 13.5. The molecule has 2 rings (SSSR count). The Kier molecular flexibility index (Phi) is 6.70. The molecule has 7 nitrogen and oxygen atoms in total. The zero-order valence-corrected chi connectivity index (χ0v) is 16.3. The van der Waals surface area contributed by atoms with E-state index in [4.69, 9.17) is 11.6 Å². The van der Waals surface area contributed by atoms with Gasteiger partial charge in [0.1, 0.15) is 16.5 Å². The molecule has 2 aromatic rings. The van der Waals surface area contributed by atoms with E-state index in [2.05, 4.69) is 10.1 Å². The quantitative estimate of drug-likeness (QED) is 0.708. The van der Waals surface area contributed by atoms with Crippen molar-refractivity contribution < 1.29 is 31.5 Å². The first kappa shape index (κ1) is 21.7. The van der Waals surface area contributed by atoms with Crippen LogP contribution in [0.1, 0.15) is 10.4 Å². The molecule has 0 atom stereocenters. The molecule has 0 fully saturated rings. The molecule has 0 saturated heterocycles. The van der Waals surface area contributed by atoms with Crippen LogP contribution in [0.5, 0.6) is 0 Å². The van der Waals surface area contributed by atoms with Crippen LogP contribution in [0.4, 0.5) is 14.5 Å². The van der Waals surface area contributed by atoms with Crippen LogP contribution in [0.15, 0.2) is 41.3 Å². The fraction of sp³-hybridized carbons (Fsp3) is 0.176. The zero-order chi connectivity index (χ0) is 21.1. The molecular formula is C17H15ClF2N2O5S. The van der Waals surface area contributed by atoms with E-state index in [9.17, 15) is 26.8 Å². The van der Waals surface area contributed by atoms with Gasteiger partial charge in [0.25, 0.3) is 5.91 Å². The number of sulfonamides is 1. The van der Waals surface area contributed by atoms with Gasteiger partial charge in [0, 0.05) is 25.8 Å². The van der Waals surface area contributed by atoms with Gasteiger partial charge < -0.3 is 10.1 Å². The van der Waals surface area contributed by atoms with Crippen LogP contribution < -0.4 is 5.32 Å². The molecule has 0 saturated carbocycles. The lowest BCUT2D eigenvalue weighted by Crippen LogP contribution is -2.24. The predicted molar refractivity (Wildman–Crippen MR) is 97.6 cm³/mol. The first-order chi connectivity index (χ1) is 13.0. The Balaban J connectivity index is 2.06. The summed E-state index contributed by atoms with van der Waals surface area (Å²) in [6, 6.07) is 6.07. The Bertz CT molecular complexity index is 1030. The van der Waals surface area contributed by atoms with Crippen molar-refractivity contribution in [3.8, 4) is 0 Å². The predicted octanol–water partition coefficient (Wildman–Crippen LogP) is 2.66. The van der Waals surface area contributed by atoms with Gasteiger partial charge >= 0.3 is 5.97 Å². The molecule has 1 N–H and O–H groups in total. The molecule has 150 valence electrons. The van der Waals surface area contributed by atoms with Crippen molar-refractivity contribution in [2.45, 2.75) is 4.90 Å². The third-order valence-electron chi connectivity index (χ3n) is 3.46. The average molecular weight is 433 g/mol. The Labute approximate surface area is 164 Å². The Morgan fingerprint density at radius 2 is 1.82 bits per heavy atom. The van der Waals surface area contributed by atoms with Crippen LogP contribution in [0, 0.1) is 11.6 Å². The number of hydrogen-bond acceptors (Lipinski definition) is 5. The van der Waals surface area contributed by atoms with E-state index < -0.39 is 45.7 Å². The van der Waals surface area contributed by atoms with Gasteiger partial charge in [0.15, 0.2) is 6.61 Å². The molecular weight excluding hydrogens is 418 g/mol. The Morgan fingerprint density at radius 1 is 1.14 bits per heavy atom. The fourth-order valence-electron chi connectivity index (χ4n) is 2.04. The number of ether oxygens (including phenoxy) is 1. The van der Waals surface area contributed by atoms with E-state index in [1.54, 1.807) is 0 Å². The highest BCUT2D eigenvalue weighted by molar-refractivity contribution is 7.89. The molecule has 0 aromatic heterocycles. The van der Waals surface area contributed by atoms with Crippen LogP contribution in [-0.4, -0.2) is 45.3 Å². The second-order valence-corrected chi connectivity index (χ2v) is 8.21. The highest BCUT2D eigenvalue weighted by atomic mass is 35.5. The van der Waals surface area contributed by atoms with E-state index in [-0.39, 0.29) is 15.6 Å². The van der Waals surface area contributed by atoms with Crippen molar-refractivity contribution in [1.29, 1.82) is 0 Å². The summed E-state index contributed by atoms with van der Waals surface area (Å²) in [5, 5.41) is 2.30. The van der Waals surface area contributed by atoms with Crippen molar-refractivity contribution in [2.24, 2.45) is 0 Å². The van der Waals surface area contributed by atoms with Gasteiger partial charge in [-0.05, 0) is 30.3 Å². The number of nitrogens with zero attached hydrogens (tertiary/aromatic N) is 1. The molecule has 11 heteroatoms. The average Bonchev–Trinajstić information content (AvgIpc) is 2.61. The lowest BCUT2D eigenvalue weighted by Gasteiger charge is -2.14. The molecule has 0 radical (unpaired) electrons. The van der Waals surface area contributed by atoms with Crippen LogP contribution in [0.3, 0.4) is 0 Å². The molecule has 0 unspecified atom stereocenters. The van der Waals surface area contributed by atoms with Crippen LogP contribution in [0.2, 0.25) is 5.02 Å². The largest absolute Gasteiger partial charge is 0.452 e. The third-order valence-corrected chi connectivity index (χ3v) is 5.76. The zero-order valence-electron chi connectivity index (χ0n) is 14.7. The molecule has 0 bridgehead atoms.